The van der Waals surface area contributed by atoms with Gasteiger partial charge in [-0.05, 0) is 31.5 Å². The second-order valence-corrected chi connectivity index (χ2v) is 13.4. The number of anilines is 1. The van der Waals surface area contributed by atoms with Crippen LogP contribution in [0.25, 0.3) is 0 Å². The molecule has 3 aliphatic heterocycles. The van der Waals surface area contributed by atoms with Crippen LogP contribution in [0.4, 0.5) is 9.93 Å². The predicted octanol–water partition coefficient (Wildman–Crippen LogP) is -0.160. The van der Waals surface area contributed by atoms with Crippen molar-refractivity contribution >= 4 is 69.7 Å². The van der Waals surface area contributed by atoms with Gasteiger partial charge in [0.15, 0.2) is 22.3 Å². The Hall–Kier alpha value is -5.57. The monoisotopic (exact) mass is 719 g/mol. The number of fused-ring (bicyclic) bond motifs is 2. The minimum atomic E-state index is -1.82. The van der Waals surface area contributed by atoms with Crippen LogP contribution >= 0.6 is 23.1 Å². The van der Waals surface area contributed by atoms with Crippen LogP contribution < -0.4 is 16.4 Å². The summed E-state index contributed by atoms with van der Waals surface area (Å²) in [5.74, 6) is -5.51. The highest BCUT2D eigenvalue weighted by Crippen LogP contribution is 2.41. The molecule has 1 saturated heterocycles. The van der Waals surface area contributed by atoms with Gasteiger partial charge in [0, 0.05) is 42.3 Å². The Morgan fingerprint density at radius 1 is 1.16 bits per heavy atom. The molecule has 3 atom stereocenters. The SMILES string of the molecule is CN1C(=O)c2cc(O)c(O)cc2CC1C(=O)NCC1=C(OC(=O)O)N2C(=O)C(NC(=O)/C(=N\OC(C)(C)C(=O)O)c3csc(N)n3)[C@@H]2SC1. The van der Waals surface area contributed by atoms with Gasteiger partial charge >= 0.3 is 12.1 Å². The van der Waals surface area contributed by atoms with E-state index in [1.54, 1.807) is 0 Å². The van der Waals surface area contributed by atoms with Crippen molar-refractivity contribution in [3.8, 4) is 11.5 Å². The Morgan fingerprint density at radius 3 is 2.49 bits per heavy atom. The number of rotatable bonds is 10. The molecule has 0 radical (unpaired) electrons. The molecule has 1 aromatic carbocycles. The minimum absolute atomic E-state index is 0.00915. The number of benzene rings is 1. The molecule has 49 heavy (non-hydrogen) atoms. The van der Waals surface area contributed by atoms with Crippen molar-refractivity contribution in [3.05, 3.63) is 45.8 Å². The number of aromatic nitrogens is 1. The van der Waals surface area contributed by atoms with Crippen molar-refractivity contribution in [1.82, 2.24) is 25.4 Å². The number of carboxylic acids is 1. The number of aliphatic carboxylic acids is 1. The molecule has 2 aromatic rings. The van der Waals surface area contributed by atoms with E-state index in [-0.39, 0.29) is 46.6 Å². The van der Waals surface area contributed by atoms with Crippen LogP contribution in [-0.4, -0.2) is 119 Å². The average Bonchev–Trinajstić information content (AvgIpc) is 3.46. The molecule has 4 amide bonds. The molecule has 2 unspecified atom stereocenters. The highest BCUT2D eigenvalue weighted by atomic mass is 32.2. The molecule has 0 saturated carbocycles. The summed E-state index contributed by atoms with van der Waals surface area (Å²) in [6.07, 6.45) is -1.73. The molecule has 0 bridgehead atoms. The molecule has 19 nitrogen and oxygen atoms in total. The Bertz CT molecular complexity index is 1840. The van der Waals surface area contributed by atoms with Gasteiger partial charge in [-0.1, -0.05) is 5.16 Å². The lowest BCUT2D eigenvalue weighted by molar-refractivity contribution is -0.161. The first-order chi connectivity index (χ1) is 23.0. The number of carbonyl (C=O) groups is 6. The maximum absolute atomic E-state index is 13.3. The van der Waals surface area contributed by atoms with Crippen LogP contribution in [0.2, 0.25) is 0 Å². The Morgan fingerprint density at radius 2 is 1.86 bits per heavy atom. The number of hydrogen-bond acceptors (Lipinski definition) is 15. The van der Waals surface area contributed by atoms with Gasteiger partial charge in [-0.3, -0.25) is 24.1 Å². The number of carboxylic acid groups (broad SMARTS) is 2. The van der Waals surface area contributed by atoms with Crippen molar-refractivity contribution < 1.29 is 58.8 Å². The maximum atomic E-state index is 13.3. The third kappa shape index (κ3) is 6.74. The molecule has 0 aliphatic carbocycles. The highest BCUT2D eigenvalue weighted by Gasteiger charge is 2.54. The number of phenolic OH excluding ortho intramolecular Hbond substituents is 2. The minimum Gasteiger partial charge on any atom is -0.504 e. The van der Waals surface area contributed by atoms with Crippen molar-refractivity contribution in [3.63, 3.8) is 0 Å². The van der Waals surface area contributed by atoms with E-state index in [0.717, 1.165) is 34.1 Å². The van der Waals surface area contributed by atoms with Gasteiger partial charge in [0.2, 0.25) is 17.4 Å². The first kappa shape index (κ1) is 34.8. The molecule has 260 valence electrons. The van der Waals surface area contributed by atoms with Gasteiger partial charge in [0.25, 0.3) is 17.7 Å². The number of nitrogens with zero attached hydrogens (tertiary/aromatic N) is 4. The van der Waals surface area contributed by atoms with E-state index in [2.05, 4.69) is 20.8 Å². The van der Waals surface area contributed by atoms with Crippen LogP contribution in [0.1, 0.15) is 35.5 Å². The number of β-lactam (4-membered cyclic amide) rings is 1. The number of oxime groups is 1. The molecule has 0 spiro atoms. The van der Waals surface area contributed by atoms with E-state index in [9.17, 15) is 49.2 Å². The predicted molar refractivity (Wildman–Crippen MR) is 169 cm³/mol. The van der Waals surface area contributed by atoms with Crippen molar-refractivity contribution in [1.29, 1.82) is 0 Å². The fraction of sp³-hybridized carbons (Fsp3) is 0.357. The topological polar surface area (TPSA) is 284 Å². The standard InChI is InChI=1S/C28H29N7O12S2/c1-28(2,25(42)43)47-33-17(13-9-49-26(29)31-13)20(39)32-18-22(41)35-23(46-27(44)45)11(8-48-24(18)35)7-30-19(38)14-4-10-5-15(36)16(37)6-12(10)21(40)34(14)3/h5-6,9,14,18,24,36-37H,4,7-8H2,1-3H3,(H2,29,31)(H,30,38)(H,32,39)(H,42,43)(H,44,45)/b33-17-/t14?,18?,24-/m0/s1. The molecule has 8 N–H and O–H groups in total. The first-order valence-electron chi connectivity index (χ1n) is 14.2. The third-order valence-corrected chi connectivity index (χ3v) is 9.75. The Labute approximate surface area is 284 Å². The van der Waals surface area contributed by atoms with Gasteiger partial charge in [0.05, 0.1) is 0 Å². The second kappa shape index (κ2) is 13.1. The largest absolute Gasteiger partial charge is 0.512 e. The molecular weight excluding hydrogens is 690 g/mol. The van der Waals surface area contributed by atoms with Crippen molar-refractivity contribution in [2.24, 2.45) is 5.16 Å². The van der Waals surface area contributed by atoms with E-state index >= 15 is 0 Å². The summed E-state index contributed by atoms with van der Waals surface area (Å²) >= 11 is 2.11. The third-order valence-electron chi connectivity index (χ3n) is 7.73. The van der Waals surface area contributed by atoms with E-state index in [1.165, 1.54) is 37.2 Å². The number of thioether (sulfide) groups is 1. The summed E-state index contributed by atoms with van der Waals surface area (Å²) in [6, 6.07) is 0.0957. The Balaban J connectivity index is 1.31. The summed E-state index contributed by atoms with van der Waals surface area (Å²) in [7, 11) is 1.39. The van der Waals surface area contributed by atoms with Crippen molar-refractivity contribution in [2.75, 3.05) is 25.1 Å². The number of nitrogens with one attached hydrogen (secondary N) is 2. The zero-order valence-corrected chi connectivity index (χ0v) is 27.5. The lowest BCUT2D eigenvalue weighted by Crippen LogP contribution is -2.70. The first-order valence-corrected chi connectivity index (χ1v) is 16.1. The van der Waals surface area contributed by atoms with E-state index < -0.39 is 76.0 Å². The second-order valence-electron chi connectivity index (χ2n) is 11.4. The number of nitrogen functional groups attached to an aromatic ring is 1. The number of nitrogens with two attached hydrogens (primary N) is 1. The Kier molecular flexibility index (Phi) is 9.32. The van der Waals surface area contributed by atoms with Crippen molar-refractivity contribution in [2.45, 2.75) is 43.3 Å². The molecule has 1 fully saturated rings. The fourth-order valence-corrected chi connectivity index (χ4v) is 6.86. The number of phenols is 2. The normalized spacial score (nSPS) is 20.6. The number of carbonyl (C=O) groups excluding carboxylic acids is 4. The van der Waals surface area contributed by atoms with Crippen LogP contribution in [-0.2, 0) is 35.2 Å². The number of ether oxygens (including phenoxy) is 1. The van der Waals surface area contributed by atoms with Crippen LogP contribution in [0, 0.1) is 0 Å². The van der Waals surface area contributed by atoms with E-state index in [4.69, 9.17) is 15.3 Å². The summed E-state index contributed by atoms with van der Waals surface area (Å²) in [5, 5.41) is 47.9. The van der Waals surface area contributed by atoms with Crippen LogP contribution in [0.15, 0.2) is 34.1 Å². The van der Waals surface area contributed by atoms with Gasteiger partial charge in [-0.15, -0.1) is 23.1 Å². The smallest absolute Gasteiger partial charge is 0.504 e. The summed E-state index contributed by atoms with van der Waals surface area (Å²) in [5.41, 5.74) is 4.03. The molecule has 21 heteroatoms. The number of hydrogen-bond donors (Lipinski definition) is 7. The number of likely N-dealkylation sites (N-methyl/N-ethyl adjacent to an activating group) is 1. The highest BCUT2D eigenvalue weighted by molar-refractivity contribution is 8.00. The molecule has 3 aliphatic rings. The lowest BCUT2D eigenvalue weighted by Gasteiger charge is -2.49. The molecule has 4 heterocycles. The maximum Gasteiger partial charge on any atom is 0.512 e. The molecule has 1 aromatic heterocycles. The van der Waals surface area contributed by atoms with E-state index in [0.29, 0.717) is 5.56 Å². The molecule has 5 rings (SSSR count). The van der Waals surface area contributed by atoms with Gasteiger partial charge < -0.3 is 51.3 Å². The zero-order chi connectivity index (χ0) is 35.9. The summed E-state index contributed by atoms with van der Waals surface area (Å²) in [6.45, 7) is 2.14. The number of amides is 4. The van der Waals surface area contributed by atoms with Gasteiger partial charge in [-0.25, -0.2) is 14.6 Å². The summed E-state index contributed by atoms with van der Waals surface area (Å²) in [4.78, 5) is 87.1. The quantitative estimate of drug-likeness (QED) is 0.0552. The number of thiazole rings is 1. The fourth-order valence-electron chi connectivity index (χ4n) is 4.99. The molecular formula is C28H29N7O12S2. The van der Waals surface area contributed by atoms with E-state index in [1.807, 2.05) is 0 Å². The average molecular weight is 720 g/mol. The zero-order valence-electron chi connectivity index (χ0n) is 25.8. The van der Waals surface area contributed by atoms with Gasteiger partial charge in [-0.2, -0.15) is 0 Å². The van der Waals surface area contributed by atoms with Gasteiger partial charge in [0.1, 0.15) is 23.2 Å². The number of aromatic hydroxyl groups is 2. The lowest BCUT2D eigenvalue weighted by atomic mass is 9.92. The van der Waals surface area contributed by atoms with Crippen LogP contribution in [0.3, 0.4) is 0 Å². The van der Waals surface area contributed by atoms with Crippen LogP contribution in [0.5, 0.6) is 11.5 Å². The summed E-state index contributed by atoms with van der Waals surface area (Å²) < 4.78 is 4.95.